The van der Waals surface area contributed by atoms with Crippen LogP contribution in [-0.2, 0) is 4.79 Å². The van der Waals surface area contributed by atoms with E-state index in [1.807, 2.05) is 16.7 Å². The Kier molecular flexibility index (Phi) is 6.16. The molecule has 0 spiro atoms. The second-order valence-corrected chi connectivity index (χ2v) is 5.48. The van der Waals surface area contributed by atoms with Gasteiger partial charge in [-0.1, -0.05) is 6.92 Å². The largest absolute Gasteiger partial charge is 0.480 e. The van der Waals surface area contributed by atoms with Crippen LogP contribution in [0.2, 0.25) is 0 Å². The van der Waals surface area contributed by atoms with Crippen molar-refractivity contribution < 1.29 is 9.90 Å². The number of thioether (sulfide) groups is 1. The Labute approximate surface area is 102 Å². The van der Waals surface area contributed by atoms with Gasteiger partial charge in [0.05, 0.1) is 0 Å². The molecular weight excluding hydrogens is 224 g/mol. The summed E-state index contributed by atoms with van der Waals surface area (Å²) in [5.41, 5.74) is 0. The molecule has 0 aromatic carbocycles. The number of hydrogen-bond donors (Lipinski definition) is 1. The van der Waals surface area contributed by atoms with Crippen molar-refractivity contribution in [3.8, 4) is 0 Å². The van der Waals surface area contributed by atoms with E-state index in [-0.39, 0.29) is 6.04 Å². The van der Waals surface area contributed by atoms with Gasteiger partial charge in [0, 0.05) is 38.5 Å². The summed E-state index contributed by atoms with van der Waals surface area (Å²) in [5, 5.41) is 8.91. The number of carbonyl (C=O) groups is 1. The molecule has 0 amide bonds. The molecule has 1 heterocycles. The first-order valence-corrected chi connectivity index (χ1v) is 7.07. The fourth-order valence-electron chi connectivity index (χ4n) is 1.87. The molecule has 1 aliphatic rings. The van der Waals surface area contributed by atoms with Crippen molar-refractivity contribution in [3.63, 3.8) is 0 Å². The smallest absolute Gasteiger partial charge is 0.320 e. The van der Waals surface area contributed by atoms with Gasteiger partial charge in [-0.05, 0) is 12.7 Å². The highest BCUT2D eigenvalue weighted by Crippen LogP contribution is 2.08. The molecule has 1 saturated heterocycles. The average Bonchev–Trinajstić information content (AvgIpc) is 2.29. The van der Waals surface area contributed by atoms with Crippen molar-refractivity contribution in [2.24, 2.45) is 0 Å². The molecule has 0 aliphatic carbocycles. The third-order valence-corrected chi connectivity index (χ3v) is 3.95. The Bertz CT molecular complexity index is 218. The Morgan fingerprint density at radius 1 is 1.38 bits per heavy atom. The van der Waals surface area contributed by atoms with Crippen molar-refractivity contribution in [2.45, 2.75) is 19.9 Å². The summed E-state index contributed by atoms with van der Waals surface area (Å²) < 4.78 is 0. The topological polar surface area (TPSA) is 43.8 Å². The maximum atomic E-state index is 10.8. The van der Waals surface area contributed by atoms with E-state index in [1.54, 1.807) is 6.92 Å². The first-order valence-electron chi connectivity index (χ1n) is 5.92. The van der Waals surface area contributed by atoms with E-state index in [4.69, 9.17) is 5.11 Å². The molecule has 1 unspecified atom stereocenters. The molecule has 1 N–H and O–H groups in total. The van der Waals surface area contributed by atoms with Crippen molar-refractivity contribution in [1.29, 1.82) is 0 Å². The fourth-order valence-corrected chi connectivity index (χ4v) is 2.54. The molecule has 0 radical (unpaired) electrons. The molecule has 4 nitrogen and oxygen atoms in total. The number of carboxylic acid groups (broad SMARTS) is 1. The first kappa shape index (κ1) is 13.8. The maximum absolute atomic E-state index is 10.8. The second kappa shape index (κ2) is 7.14. The van der Waals surface area contributed by atoms with E-state index in [1.165, 1.54) is 11.5 Å². The predicted octanol–water partition coefficient (Wildman–Crippen LogP) is 0.830. The molecule has 0 bridgehead atoms. The van der Waals surface area contributed by atoms with Gasteiger partial charge in [0.1, 0.15) is 6.04 Å². The Hall–Kier alpha value is -0.260. The van der Waals surface area contributed by atoms with Crippen LogP contribution in [0.4, 0.5) is 0 Å². The van der Waals surface area contributed by atoms with Gasteiger partial charge in [-0.15, -0.1) is 0 Å². The Balaban J connectivity index is 2.20. The number of hydrogen-bond acceptors (Lipinski definition) is 4. The van der Waals surface area contributed by atoms with E-state index in [9.17, 15) is 4.79 Å². The van der Waals surface area contributed by atoms with Gasteiger partial charge in [0.2, 0.25) is 0 Å². The van der Waals surface area contributed by atoms with Crippen LogP contribution < -0.4 is 0 Å². The number of aliphatic carboxylic acids is 1. The molecule has 5 heteroatoms. The van der Waals surface area contributed by atoms with E-state index in [0.29, 0.717) is 0 Å². The van der Waals surface area contributed by atoms with E-state index < -0.39 is 5.97 Å². The zero-order chi connectivity index (χ0) is 12.0. The van der Waals surface area contributed by atoms with E-state index >= 15 is 0 Å². The zero-order valence-electron chi connectivity index (χ0n) is 10.2. The van der Waals surface area contributed by atoms with Gasteiger partial charge in [0.25, 0.3) is 0 Å². The molecule has 0 aromatic rings. The minimum absolute atomic E-state index is 0.341. The van der Waals surface area contributed by atoms with Crippen molar-refractivity contribution in [1.82, 2.24) is 9.80 Å². The summed E-state index contributed by atoms with van der Waals surface area (Å²) in [6.07, 6.45) is 0. The highest BCUT2D eigenvalue weighted by molar-refractivity contribution is 7.99. The summed E-state index contributed by atoms with van der Waals surface area (Å²) in [5.74, 6) is 1.65. The van der Waals surface area contributed by atoms with Gasteiger partial charge in [-0.25, -0.2) is 0 Å². The van der Waals surface area contributed by atoms with Crippen LogP contribution in [0.1, 0.15) is 13.8 Å². The van der Waals surface area contributed by atoms with Gasteiger partial charge < -0.3 is 5.11 Å². The first-order chi connectivity index (χ1) is 7.65. The minimum Gasteiger partial charge on any atom is -0.480 e. The predicted molar refractivity (Wildman–Crippen MR) is 68.1 cm³/mol. The normalized spacial score (nSPS) is 20.9. The lowest BCUT2D eigenvalue weighted by Crippen LogP contribution is -2.52. The quantitative estimate of drug-likeness (QED) is 0.703. The SMILES string of the molecule is CCSCCN1CCN(C(C)C(=O)O)CC1. The average molecular weight is 246 g/mol. The van der Waals surface area contributed by atoms with Gasteiger partial charge in [-0.3, -0.25) is 14.6 Å². The van der Waals surface area contributed by atoms with Crippen LogP contribution in [0.25, 0.3) is 0 Å². The lowest BCUT2D eigenvalue weighted by atomic mass is 10.2. The van der Waals surface area contributed by atoms with Crippen LogP contribution in [0, 0.1) is 0 Å². The molecule has 1 rings (SSSR count). The lowest BCUT2D eigenvalue weighted by molar-refractivity contribution is -0.143. The van der Waals surface area contributed by atoms with E-state index in [0.717, 1.165) is 32.7 Å². The van der Waals surface area contributed by atoms with Crippen LogP contribution >= 0.6 is 11.8 Å². The second-order valence-electron chi connectivity index (χ2n) is 4.09. The van der Waals surface area contributed by atoms with Crippen molar-refractivity contribution >= 4 is 17.7 Å². The molecule has 0 saturated carbocycles. The van der Waals surface area contributed by atoms with Crippen LogP contribution in [0.15, 0.2) is 0 Å². The molecule has 94 valence electrons. The monoisotopic (exact) mass is 246 g/mol. The summed E-state index contributed by atoms with van der Waals surface area (Å²) in [6, 6.07) is -0.341. The zero-order valence-corrected chi connectivity index (χ0v) is 11.0. The third-order valence-electron chi connectivity index (χ3n) is 3.07. The molecule has 1 fully saturated rings. The maximum Gasteiger partial charge on any atom is 0.320 e. The van der Waals surface area contributed by atoms with Crippen molar-refractivity contribution in [3.05, 3.63) is 0 Å². The van der Waals surface area contributed by atoms with Crippen LogP contribution in [0.3, 0.4) is 0 Å². The molecule has 16 heavy (non-hydrogen) atoms. The summed E-state index contributed by atoms with van der Waals surface area (Å²) in [6.45, 7) is 8.84. The van der Waals surface area contributed by atoms with Crippen LogP contribution in [0.5, 0.6) is 0 Å². The Morgan fingerprint density at radius 3 is 2.50 bits per heavy atom. The third kappa shape index (κ3) is 4.31. The molecule has 1 aliphatic heterocycles. The number of rotatable bonds is 6. The molecule has 0 aromatic heterocycles. The minimum atomic E-state index is -0.713. The van der Waals surface area contributed by atoms with Crippen LogP contribution in [-0.4, -0.2) is 71.1 Å². The number of piperazine rings is 1. The highest BCUT2D eigenvalue weighted by atomic mass is 32.2. The van der Waals surface area contributed by atoms with Gasteiger partial charge in [0.15, 0.2) is 0 Å². The summed E-state index contributed by atoms with van der Waals surface area (Å²) >= 11 is 1.96. The van der Waals surface area contributed by atoms with Gasteiger partial charge in [-0.2, -0.15) is 11.8 Å². The standard InChI is InChI=1S/C11H22N2O2S/c1-3-16-9-8-12-4-6-13(7-5-12)10(2)11(14)15/h10H,3-9H2,1-2H3,(H,14,15). The summed E-state index contributed by atoms with van der Waals surface area (Å²) in [4.78, 5) is 15.3. The molecule has 1 atom stereocenters. The lowest BCUT2D eigenvalue weighted by Gasteiger charge is -2.36. The van der Waals surface area contributed by atoms with E-state index in [2.05, 4.69) is 11.8 Å². The van der Waals surface area contributed by atoms with Crippen molar-refractivity contribution in [2.75, 3.05) is 44.2 Å². The summed E-state index contributed by atoms with van der Waals surface area (Å²) in [7, 11) is 0. The fraction of sp³-hybridized carbons (Fsp3) is 0.909. The number of carboxylic acids is 1. The van der Waals surface area contributed by atoms with Gasteiger partial charge >= 0.3 is 5.97 Å². The Morgan fingerprint density at radius 2 is 2.00 bits per heavy atom. The highest BCUT2D eigenvalue weighted by Gasteiger charge is 2.24. The number of nitrogens with zero attached hydrogens (tertiary/aromatic N) is 2. The molecular formula is C11H22N2O2S.